The van der Waals surface area contributed by atoms with E-state index in [1.807, 2.05) is 54.6 Å². The lowest BCUT2D eigenvalue weighted by atomic mass is 10.1. The zero-order valence-electron chi connectivity index (χ0n) is 16.2. The Hall–Kier alpha value is -3.18. The van der Waals surface area contributed by atoms with E-state index in [0.717, 1.165) is 38.5 Å². The van der Waals surface area contributed by atoms with E-state index in [4.69, 9.17) is 0 Å². The van der Waals surface area contributed by atoms with Crippen molar-refractivity contribution in [2.45, 2.75) is 13.8 Å². The summed E-state index contributed by atoms with van der Waals surface area (Å²) in [6, 6.07) is 23.3. The summed E-state index contributed by atoms with van der Waals surface area (Å²) in [5.41, 5.74) is 6.54. The van der Waals surface area contributed by atoms with Gasteiger partial charge in [0.05, 0.1) is 11.4 Å². The molecule has 1 amide bonds. The third-order valence-corrected chi connectivity index (χ3v) is 5.35. The van der Waals surface area contributed by atoms with Crippen molar-refractivity contribution in [1.82, 2.24) is 9.55 Å². The second-order valence-electron chi connectivity index (χ2n) is 6.86. The lowest BCUT2D eigenvalue weighted by Crippen LogP contribution is -2.11. The van der Waals surface area contributed by atoms with Crippen LogP contribution in [0.1, 0.15) is 21.7 Å². The molecule has 2 aromatic carbocycles. The van der Waals surface area contributed by atoms with E-state index in [1.54, 1.807) is 6.20 Å². The highest BCUT2D eigenvalue weighted by molar-refractivity contribution is 9.10. The minimum absolute atomic E-state index is 0.141. The van der Waals surface area contributed by atoms with Gasteiger partial charge in [-0.25, -0.2) is 0 Å². The highest BCUT2D eigenvalue weighted by atomic mass is 79.9. The molecule has 0 aliphatic carbocycles. The van der Waals surface area contributed by atoms with Crippen molar-refractivity contribution in [1.29, 1.82) is 0 Å². The maximum Gasteiger partial charge on any atom is 0.255 e. The van der Waals surface area contributed by atoms with Crippen molar-refractivity contribution < 1.29 is 4.79 Å². The minimum atomic E-state index is -0.141. The van der Waals surface area contributed by atoms with E-state index in [2.05, 4.69) is 62.8 Å². The molecule has 0 atom stereocenters. The second kappa shape index (κ2) is 8.05. The highest BCUT2D eigenvalue weighted by Crippen LogP contribution is 2.27. The summed E-state index contributed by atoms with van der Waals surface area (Å²) in [5.74, 6) is -0.141. The fourth-order valence-corrected chi connectivity index (χ4v) is 3.63. The second-order valence-corrected chi connectivity index (χ2v) is 7.78. The molecule has 2 heterocycles. The third-order valence-electron chi connectivity index (χ3n) is 4.82. The van der Waals surface area contributed by atoms with Crippen molar-refractivity contribution >= 4 is 27.5 Å². The average Bonchev–Trinajstić information content (AvgIpc) is 3.08. The molecule has 0 unspecified atom stereocenters. The Morgan fingerprint density at radius 1 is 0.897 bits per heavy atom. The monoisotopic (exact) mass is 445 g/mol. The first kappa shape index (κ1) is 19.2. The summed E-state index contributed by atoms with van der Waals surface area (Å²) in [5, 5.41) is 2.91. The predicted molar refractivity (Wildman–Crippen MR) is 121 cm³/mol. The van der Waals surface area contributed by atoms with Crippen molar-refractivity contribution in [3.63, 3.8) is 0 Å². The lowest BCUT2D eigenvalue weighted by molar-refractivity contribution is 0.102. The average molecular weight is 446 g/mol. The summed E-state index contributed by atoms with van der Waals surface area (Å²) in [6.45, 7) is 4.17. The topological polar surface area (TPSA) is 46.9 Å². The van der Waals surface area contributed by atoms with Crippen LogP contribution in [0.2, 0.25) is 0 Å². The van der Waals surface area contributed by atoms with Crippen LogP contribution in [0.4, 0.5) is 5.69 Å². The van der Waals surface area contributed by atoms with Gasteiger partial charge < -0.3 is 9.88 Å². The molecule has 144 valence electrons. The van der Waals surface area contributed by atoms with Gasteiger partial charge in [0.15, 0.2) is 0 Å². The maximum absolute atomic E-state index is 12.5. The first-order chi connectivity index (χ1) is 14.0. The summed E-state index contributed by atoms with van der Waals surface area (Å²) >= 11 is 3.40. The number of amides is 1. The molecular weight excluding hydrogens is 426 g/mol. The van der Waals surface area contributed by atoms with Crippen LogP contribution in [0.25, 0.3) is 16.9 Å². The van der Waals surface area contributed by atoms with Crippen molar-refractivity contribution in [3.8, 4) is 16.9 Å². The van der Waals surface area contributed by atoms with Gasteiger partial charge in [-0.1, -0.05) is 28.1 Å². The Morgan fingerprint density at radius 3 is 2.21 bits per heavy atom. The van der Waals surface area contributed by atoms with Crippen molar-refractivity contribution in [2.75, 3.05) is 5.32 Å². The molecular formula is C24H20BrN3O. The molecule has 0 saturated carbocycles. The molecule has 29 heavy (non-hydrogen) atoms. The number of anilines is 1. The number of hydrogen-bond donors (Lipinski definition) is 1. The van der Waals surface area contributed by atoms with E-state index in [0.29, 0.717) is 5.56 Å². The summed E-state index contributed by atoms with van der Waals surface area (Å²) in [6.07, 6.45) is 1.79. The van der Waals surface area contributed by atoms with E-state index >= 15 is 0 Å². The maximum atomic E-state index is 12.5. The van der Waals surface area contributed by atoms with Gasteiger partial charge in [-0.15, -0.1) is 0 Å². The minimum Gasteiger partial charge on any atom is -0.322 e. The number of rotatable bonds is 4. The Balaban J connectivity index is 1.62. The van der Waals surface area contributed by atoms with E-state index in [1.165, 1.54) is 0 Å². The molecule has 4 aromatic rings. The number of hydrogen-bond acceptors (Lipinski definition) is 2. The predicted octanol–water partition coefficient (Wildman–Crippen LogP) is 6.17. The fraction of sp³-hybridized carbons (Fsp3) is 0.0833. The number of pyridine rings is 1. The molecule has 4 nitrogen and oxygen atoms in total. The molecule has 0 spiro atoms. The van der Waals surface area contributed by atoms with E-state index in [9.17, 15) is 4.79 Å². The number of carbonyl (C=O) groups excluding carboxylic acids is 1. The SMILES string of the molecule is Cc1ccc(C)n1-c1cccnc1-c1ccc(C(=O)Nc2ccc(Br)cc2)cc1. The van der Waals surface area contributed by atoms with Gasteiger partial charge in [0.2, 0.25) is 0 Å². The van der Waals surface area contributed by atoms with Crippen LogP contribution >= 0.6 is 15.9 Å². The number of nitrogens with one attached hydrogen (secondary N) is 1. The first-order valence-corrected chi connectivity index (χ1v) is 10.1. The number of aromatic nitrogens is 2. The molecule has 1 N–H and O–H groups in total. The zero-order chi connectivity index (χ0) is 20.4. The van der Waals surface area contributed by atoms with Gasteiger partial charge in [-0.2, -0.15) is 0 Å². The summed E-state index contributed by atoms with van der Waals surface area (Å²) in [4.78, 5) is 17.2. The molecule has 0 saturated heterocycles. The van der Waals surface area contributed by atoms with Crippen LogP contribution in [0.3, 0.4) is 0 Å². The van der Waals surface area contributed by atoms with Gasteiger partial charge >= 0.3 is 0 Å². The highest BCUT2D eigenvalue weighted by Gasteiger charge is 2.13. The van der Waals surface area contributed by atoms with Gasteiger partial charge in [0, 0.05) is 38.9 Å². The fourth-order valence-electron chi connectivity index (χ4n) is 3.36. The van der Waals surface area contributed by atoms with Crippen LogP contribution in [0.5, 0.6) is 0 Å². The Bertz CT molecular complexity index is 1140. The number of aryl methyl sites for hydroxylation is 2. The summed E-state index contributed by atoms with van der Waals surface area (Å²) < 4.78 is 3.16. The lowest BCUT2D eigenvalue weighted by Gasteiger charge is -2.14. The van der Waals surface area contributed by atoms with Crippen LogP contribution < -0.4 is 5.32 Å². The summed E-state index contributed by atoms with van der Waals surface area (Å²) in [7, 11) is 0. The smallest absolute Gasteiger partial charge is 0.255 e. The Morgan fingerprint density at radius 2 is 1.55 bits per heavy atom. The molecule has 0 bridgehead atoms. The first-order valence-electron chi connectivity index (χ1n) is 9.30. The molecule has 2 aromatic heterocycles. The Kier molecular flexibility index (Phi) is 5.32. The largest absolute Gasteiger partial charge is 0.322 e. The molecule has 0 fully saturated rings. The van der Waals surface area contributed by atoms with Crippen molar-refractivity contribution in [3.05, 3.63) is 100 Å². The van der Waals surface area contributed by atoms with Gasteiger partial charge in [-0.05, 0) is 74.5 Å². The molecule has 0 radical (unpaired) electrons. The van der Waals surface area contributed by atoms with E-state index in [-0.39, 0.29) is 5.91 Å². The quantitative estimate of drug-likeness (QED) is 0.408. The van der Waals surface area contributed by atoms with Crippen LogP contribution in [-0.2, 0) is 0 Å². The number of benzene rings is 2. The van der Waals surface area contributed by atoms with Gasteiger partial charge in [0.25, 0.3) is 5.91 Å². The third kappa shape index (κ3) is 4.00. The molecule has 0 aliphatic heterocycles. The molecule has 0 aliphatic rings. The zero-order valence-corrected chi connectivity index (χ0v) is 17.8. The van der Waals surface area contributed by atoms with Gasteiger partial charge in [-0.3, -0.25) is 9.78 Å². The molecule has 4 rings (SSSR count). The Labute approximate surface area is 178 Å². The number of nitrogens with zero attached hydrogens (tertiary/aromatic N) is 2. The molecule has 5 heteroatoms. The van der Waals surface area contributed by atoms with E-state index < -0.39 is 0 Å². The normalized spacial score (nSPS) is 10.7. The van der Waals surface area contributed by atoms with Crippen LogP contribution in [-0.4, -0.2) is 15.5 Å². The standard InChI is InChI=1S/C24H20BrN3O/c1-16-5-6-17(2)28(16)22-4-3-15-26-23(22)18-7-9-19(10-8-18)24(29)27-21-13-11-20(25)12-14-21/h3-15H,1-2H3,(H,27,29). The number of carbonyl (C=O) groups is 1. The van der Waals surface area contributed by atoms with Crippen LogP contribution in [0.15, 0.2) is 83.5 Å². The number of halogens is 1. The van der Waals surface area contributed by atoms with Crippen LogP contribution in [0, 0.1) is 13.8 Å². The van der Waals surface area contributed by atoms with Gasteiger partial charge in [0.1, 0.15) is 0 Å². The van der Waals surface area contributed by atoms with Crippen molar-refractivity contribution in [2.24, 2.45) is 0 Å².